The Labute approximate surface area is 270 Å². The quantitative estimate of drug-likeness (QED) is 0.165. The van der Waals surface area contributed by atoms with Crippen molar-refractivity contribution in [1.82, 2.24) is 20.3 Å². The topological polar surface area (TPSA) is 134 Å². The van der Waals surface area contributed by atoms with Crippen LogP contribution in [0.1, 0.15) is 90.8 Å². The van der Waals surface area contributed by atoms with Gasteiger partial charge in [-0.3, -0.25) is 9.48 Å². The zero-order valence-electron chi connectivity index (χ0n) is 28.9. The van der Waals surface area contributed by atoms with Gasteiger partial charge >= 0.3 is 0 Å². The summed E-state index contributed by atoms with van der Waals surface area (Å²) in [6.45, 7) is 15.0. The number of hydrogen-bond acceptors (Lipinski definition) is 8. The maximum Gasteiger partial charge on any atom is 0.223 e. The van der Waals surface area contributed by atoms with Crippen LogP contribution in [0, 0.1) is 29.1 Å². The number of carbonyl (C=O) groups is 1. The number of aromatic nitrogens is 3. The number of nitrogens with two attached hydrogens (primary N) is 1. The fraction of sp³-hybridized carbons (Fsp3) is 0.743. The minimum Gasteiger partial charge on any atom is -0.493 e. The summed E-state index contributed by atoms with van der Waals surface area (Å²) in [6, 6.07) is 5.60. The number of carbonyl (C=O) groups excluding carboxylic acids is 1. The Morgan fingerprint density at radius 2 is 1.84 bits per heavy atom. The van der Waals surface area contributed by atoms with Crippen LogP contribution in [0.25, 0.3) is 0 Å². The minimum absolute atomic E-state index is 0.0433. The summed E-state index contributed by atoms with van der Waals surface area (Å²) in [7, 11) is 3.32. The van der Waals surface area contributed by atoms with Crippen LogP contribution in [0.2, 0.25) is 0 Å². The van der Waals surface area contributed by atoms with Gasteiger partial charge in [-0.25, -0.2) is 0 Å². The molecule has 1 aromatic heterocycles. The summed E-state index contributed by atoms with van der Waals surface area (Å²) < 4.78 is 18.5. The van der Waals surface area contributed by atoms with Gasteiger partial charge < -0.3 is 30.4 Å². The fourth-order valence-electron chi connectivity index (χ4n) is 5.77. The van der Waals surface area contributed by atoms with Crippen LogP contribution in [-0.2, 0) is 22.5 Å². The SMILES string of the molecule is COCCCOc1cc(C[C@@H](C[C@H](N)[C@@H](O)C[C@H](C(=O)NCC(C)(C)Cn2cc(C3CC3)nn2)C(C)C)C(C)C)ccc1OC. The summed E-state index contributed by atoms with van der Waals surface area (Å²) in [5.41, 5.74) is 8.62. The molecule has 1 aliphatic rings. The van der Waals surface area contributed by atoms with E-state index in [9.17, 15) is 9.90 Å². The molecule has 254 valence electrons. The first kappa shape index (κ1) is 36.8. The molecule has 4 atom stereocenters. The molecule has 1 fully saturated rings. The van der Waals surface area contributed by atoms with Gasteiger partial charge in [-0.05, 0) is 67.6 Å². The third-order valence-corrected chi connectivity index (χ3v) is 9.01. The Bertz CT molecular complexity index is 1180. The number of aliphatic hydroxyl groups excluding tert-OH is 1. The third kappa shape index (κ3) is 11.9. The summed E-state index contributed by atoms with van der Waals surface area (Å²) in [5.74, 6) is 2.26. The minimum atomic E-state index is -0.788. The predicted octanol–water partition coefficient (Wildman–Crippen LogP) is 4.98. The van der Waals surface area contributed by atoms with Gasteiger partial charge in [0.25, 0.3) is 0 Å². The number of aliphatic hydroxyl groups is 1. The van der Waals surface area contributed by atoms with Crippen LogP contribution in [0.5, 0.6) is 11.5 Å². The molecule has 0 spiro atoms. The molecule has 1 amide bonds. The summed E-state index contributed by atoms with van der Waals surface area (Å²) in [6.07, 6.45) is 6.20. The molecule has 1 saturated carbocycles. The maximum absolute atomic E-state index is 13.4. The van der Waals surface area contributed by atoms with Crippen LogP contribution in [0.15, 0.2) is 24.4 Å². The van der Waals surface area contributed by atoms with Gasteiger partial charge in [-0.2, -0.15) is 0 Å². The monoisotopic (exact) mass is 629 g/mol. The second-order valence-electron chi connectivity index (χ2n) is 14.4. The highest BCUT2D eigenvalue weighted by Crippen LogP contribution is 2.38. The van der Waals surface area contributed by atoms with E-state index in [-0.39, 0.29) is 29.1 Å². The van der Waals surface area contributed by atoms with E-state index in [2.05, 4.69) is 49.4 Å². The molecule has 45 heavy (non-hydrogen) atoms. The van der Waals surface area contributed by atoms with Crippen LogP contribution in [0.3, 0.4) is 0 Å². The molecule has 0 radical (unpaired) electrons. The highest BCUT2D eigenvalue weighted by molar-refractivity contribution is 5.79. The van der Waals surface area contributed by atoms with Crippen molar-refractivity contribution in [1.29, 1.82) is 0 Å². The average molecular weight is 630 g/mol. The molecule has 10 nitrogen and oxygen atoms in total. The van der Waals surface area contributed by atoms with E-state index in [1.807, 2.05) is 36.9 Å². The molecule has 0 bridgehead atoms. The highest BCUT2D eigenvalue weighted by atomic mass is 16.5. The summed E-state index contributed by atoms with van der Waals surface area (Å²) in [5, 5.41) is 23.0. The zero-order chi connectivity index (χ0) is 33.1. The average Bonchev–Trinajstić information content (AvgIpc) is 3.74. The first-order valence-corrected chi connectivity index (χ1v) is 16.7. The van der Waals surface area contributed by atoms with E-state index in [0.717, 1.165) is 29.8 Å². The Balaban J connectivity index is 1.55. The second-order valence-corrected chi connectivity index (χ2v) is 14.4. The van der Waals surface area contributed by atoms with Crippen molar-refractivity contribution in [3.63, 3.8) is 0 Å². The Kier molecular flexibility index (Phi) is 14.1. The van der Waals surface area contributed by atoms with E-state index in [1.54, 1.807) is 14.2 Å². The van der Waals surface area contributed by atoms with E-state index < -0.39 is 12.1 Å². The third-order valence-electron chi connectivity index (χ3n) is 9.01. The van der Waals surface area contributed by atoms with Gasteiger partial charge in [0, 0.05) is 62.7 Å². The molecular formula is C35H59N5O5. The Morgan fingerprint density at radius 3 is 2.47 bits per heavy atom. The number of methoxy groups -OCH3 is 2. The summed E-state index contributed by atoms with van der Waals surface area (Å²) >= 11 is 0. The van der Waals surface area contributed by atoms with Crippen LogP contribution in [-0.4, -0.2) is 72.1 Å². The molecule has 0 saturated heterocycles. The maximum atomic E-state index is 13.4. The fourth-order valence-corrected chi connectivity index (χ4v) is 5.77. The highest BCUT2D eigenvalue weighted by Gasteiger charge is 2.32. The smallest absolute Gasteiger partial charge is 0.223 e. The van der Waals surface area contributed by atoms with Gasteiger partial charge in [0.15, 0.2) is 11.5 Å². The molecule has 3 rings (SSSR count). The van der Waals surface area contributed by atoms with E-state index >= 15 is 0 Å². The van der Waals surface area contributed by atoms with Gasteiger partial charge in [0.05, 0.1) is 25.5 Å². The number of nitrogens with one attached hydrogen (secondary N) is 1. The van der Waals surface area contributed by atoms with Crippen LogP contribution in [0.4, 0.5) is 0 Å². The van der Waals surface area contributed by atoms with Crippen molar-refractivity contribution >= 4 is 5.91 Å². The number of ether oxygens (including phenoxy) is 3. The molecule has 0 unspecified atom stereocenters. The first-order valence-electron chi connectivity index (χ1n) is 16.7. The first-order chi connectivity index (χ1) is 21.3. The normalized spacial score (nSPS) is 16.4. The lowest BCUT2D eigenvalue weighted by Gasteiger charge is -2.31. The standard InChI is InChI=1S/C35H59N5O5/c1-23(2)27(16-25-10-13-32(44-8)33(17-25)45-15-9-14-43-7)18-29(36)31(41)19-28(24(3)4)34(42)37-21-35(5,6)22-40-20-30(38-39-40)26-11-12-26/h10,13,17,20,23-24,26-29,31,41H,9,11-12,14-16,18-19,21-22,36H2,1-8H3,(H,37,42)/t27-,28-,29-,31-/m0/s1. The Morgan fingerprint density at radius 1 is 1.11 bits per heavy atom. The lowest BCUT2D eigenvalue weighted by molar-refractivity contribution is -0.128. The second kappa shape index (κ2) is 17.3. The number of benzene rings is 1. The van der Waals surface area contributed by atoms with Crippen molar-refractivity contribution in [3.05, 3.63) is 35.7 Å². The lowest BCUT2D eigenvalue weighted by atomic mass is 9.80. The number of nitrogens with zero attached hydrogens (tertiary/aromatic N) is 3. The molecular weight excluding hydrogens is 570 g/mol. The van der Waals surface area contributed by atoms with Crippen molar-refractivity contribution in [2.75, 3.05) is 34.0 Å². The Hall–Kier alpha value is -2.69. The van der Waals surface area contributed by atoms with Gasteiger partial charge in [-0.1, -0.05) is 52.8 Å². The lowest BCUT2D eigenvalue weighted by Crippen LogP contribution is -2.44. The largest absolute Gasteiger partial charge is 0.493 e. The van der Waals surface area contributed by atoms with Gasteiger partial charge in [0.1, 0.15) is 0 Å². The molecule has 0 aliphatic heterocycles. The predicted molar refractivity (Wildman–Crippen MR) is 177 cm³/mol. The van der Waals surface area contributed by atoms with Gasteiger partial charge in [0.2, 0.25) is 5.91 Å². The molecule has 4 N–H and O–H groups in total. The van der Waals surface area contributed by atoms with E-state index in [1.165, 1.54) is 12.8 Å². The molecule has 2 aromatic rings. The number of rotatable bonds is 21. The van der Waals surface area contributed by atoms with Crippen molar-refractivity contribution in [2.45, 2.75) is 105 Å². The molecule has 1 heterocycles. The molecule has 1 aliphatic carbocycles. The number of hydrogen-bond donors (Lipinski definition) is 3. The zero-order valence-corrected chi connectivity index (χ0v) is 28.9. The van der Waals surface area contributed by atoms with Crippen LogP contribution >= 0.6 is 0 Å². The molecule has 10 heteroatoms. The van der Waals surface area contributed by atoms with E-state index in [4.69, 9.17) is 19.9 Å². The van der Waals surface area contributed by atoms with E-state index in [0.29, 0.717) is 56.7 Å². The molecule has 1 aromatic carbocycles. The van der Waals surface area contributed by atoms with Crippen molar-refractivity contribution in [2.24, 2.45) is 34.8 Å². The van der Waals surface area contributed by atoms with Crippen molar-refractivity contribution < 1.29 is 24.1 Å². The van der Waals surface area contributed by atoms with Crippen molar-refractivity contribution in [3.8, 4) is 11.5 Å². The van der Waals surface area contributed by atoms with Gasteiger partial charge in [-0.15, -0.1) is 5.10 Å². The number of amides is 1. The van der Waals surface area contributed by atoms with Crippen LogP contribution < -0.4 is 20.5 Å². The summed E-state index contributed by atoms with van der Waals surface area (Å²) in [4.78, 5) is 13.4.